The maximum Gasteiger partial charge on any atom is 0.282 e. The van der Waals surface area contributed by atoms with Crippen LogP contribution in [0.2, 0.25) is 0 Å². The SMILES string of the molecule is CCOc1cc(C=Nn2c(C(C)(C)C)nc3ccc(Br)cc3c2=O)cc(Br)c1OCc1cccc([N+](=O)[O-])c1. The summed E-state index contributed by atoms with van der Waals surface area (Å²) >= 11 is 6.97. The molecule has 11 heteroatoms. The highest BCUT2D eigenvalue weighted by Crippen LogP contribution is 2.37. The first-order valence-electron chi connectivity index (χ1n) is 12.1. The summed E-state index contributed by atoms with van der Waals surface area (Å²) in [5, 5.41) is 16.1. The van der Waals surface area contributed by atoms with Gasteiger partial charge in [-0.25, -0.2) is 4.98 Å². The molecule has 9 nitrogen and oxygen atoms in total. The lowest BCUT2D eigenvalue weighted by atomic mass is 9.95. The number of nitrogens with zero attached hydrogens (tertiary/aromatic N) is 4. The van der Waals surface area contributed by atoms with E-state index < -0.39 is 10.3 Å². The van der Waals surface area contributed by atoms with Gasteiger partial charge in [-0.2, -0.15) is 9.78 Å². The van der Waals surface area contributed by atoms with Gasteiger partial charge in [-0.3, -0.25) is 14.9 Å². The van der Waals surface area contributed by atoms with Gasteiger partial charge in [0, 0.05) is 22.0 Å². The topological polar surface area (TPSA) is 109 Å². The van der Waals surface area contributed by atoms with Gasteiger partial charge < -0.3 is 9.47 Å². The van der Waals surface area contributed by atoms with Crippen molar-refractivity contribution < 1.29 is 14.4 Å². The Morgan fingerprint density at radius 3 is 2.56 bits per heavy atom. The molecule has 0 amide bonds. The monoisotopic (exact) mass is 656 g/mol. The molecule has 0 spiro atoms. The van der Waals surface area contributed by atoms with Gasteiger partial charge in [0.1, 0.15) is 12.4 Å². The number of benzene rings is 3. The highest BCUT2D eigenvalue weighted by molar-refractivity contribution is 9.10. The first-order chi connectivity index (χ1) is 18.5. The molecule has 0 bridgehead atoms. The van der Waals surface area contributed by atoms with Gasteiger partial charge in [0.25, 0.3) is 11.2 Å². The highest BCUT2D eigenvalue weighted by atomic mass is 79.9. The predicted molar refractivity (Wildman–Crippen MR) is 158 cm³/mol. The van der Waals surface area contributed by atoms with Gasteiger partial charge in [0.15, 0.2) is 11.5 Å². The van der Waals surface area contributed by atoms with Crippen molar-refractivity contribution in [2.75, 3.05) is 6.61 Å². The third-order valence-corrected chi connectivity index (χ3v) is 6.72. The molecule has 3 aromatic carbocycles. The first kappa shape index (κ1) is 28.4. The number of ether oxygens (including phenoxy) is 2. The molecule has 0 saturated carbocycles. The van der Waals surface area contributed by atoms with E-state index in [1.807, 2.05) is 39.8 Å². The van der Waals surface area contributed by atoms with Gasteiger partial charge in [-0.1, -0.05) is 48.8 Å². The van der Waals surface area contributed by atoms with Gasteiger partial charge in [-0.05, 0) is 64.3 Å². The van der Waals surface area contributed by atoms with Gasteiger partial charge in [0.05, 0.1) is 33.1 Å². The maximum atomic E-state index is 13.4. The average Bonchev–Trinajstić information content (AvgIpc) is 2.87. The lowest BCUT2D eigenvalue weighted by Crippen LogP contribution is -2.29. The Kier molecular flexibility index (Phi) is 8.51. The summed E-state index contributed by atoms with van der Waals surface area (Å²) < 4.78 is 14.5. The summed E-state index contributed by atoms with van der Waals surface area (Å²) in [4.78, 5) is 28.8. The summed E-state index contributed by atoms with van der Waals surface area (Å²) in [7, 11) is 0. The molecule has 1 aromatic heterocycles. The zero-order valence-electron chi connectivity index (χ0n) is 21.8. The second kappa shape index (κ2) is 11.7. The number of nitro benzene ring substituents is 1. The average molecular weight is 658 g/mol. The Morgan fingerprint density at radius 1 is 1.10 bits per heavy atom. The van der Waals surface area contributed by atoms with Crippen molar-refractivity contribution in [3.05, 3.63) is 101 Å². The van der Waals surface area contributed by atoms with E-state index in [-0.39, 0.29) is 17.9 Å². The predicted octanol–water partition coefficient (Wildman–Crippen LogP) is 6.99. The zero-order chi connectivity index (χ0) is 28.3. The van der Waals surface area contributed by atoms with E-state index in [0.717, 1.165) is 4.47 Å². The molecule has 0 aliphatic rings. The molecule has 39 heavy (non-hydrogen) atoms. The van der Waals surface area contributed by atoms with Crippen LogP contribution in [0.25, 0.3) is 10.9 Å². The third kappa shape index (κ3) is 6.54. The van der Waals surface area contributed by atoms with Crippen molar-refractivity contribution in [1.29, 1.82) is 0 Å². The number of non-ortho nitro benzene ring substituents is 1. The molecular weight excluding hydrogens is 632 g/mol. The Morgan fingerprint density at radius 2 is 1.87 bits per heavy atom. The zero-order valence-corrected chi connectivity index (χ0v) is 24.9. The van der Waals surface area contributed by atoms with Crippen LogP contribution in [-0.4, -0.2) is 27.4 Å². The van der Waals surface area contributed by atoms with E-state index >= 15 is 0 Å². The standard InChI is InChI=1S/C28H26Br2N4O5/c1-5-38-24-13-18(12-22(30)25(24)39-16-17-7-6-8-20(11-17)34(36)37)15-31-33-26(35)21-14-19(29)9-10-23(21)32-27(33)28(2,3)4/h6-15H,5,16H2,1-4H3. The molecular formula is C28H26Br2N4O5. The molecule has 0 N–H and O–H groups in total. The van der Waals surface area contributed by atoms with E-state index in [1.54, 1.807) is 36.5 Å². The van der Waals surface area contributed by atoms with E-state index in [1.165, 1.54) is 16.8 Å². The van der Waals surface area contributed by atoms with Crippen LogP contribution in [0.5, 0.6) is 11.5 Å². The largest absolute Gasteiger partial charge is 0.490 e. The number of hydrogen-bond donors (Lipinski definition) is 0. The number of hydrogen-bond acceptors (Lipinski definition) is 7. The van der Waals surface area contributed by atoms with Gasteiger partial charge >= 0.3 is 0 Å². The first-order valence-corrected chi connectivity index (χ1v) is 13.7. The van der Waals surface area contributed by atoms with Crippen molar-refractivity contribution >= 4 is 54.7 Å². The smallest absolute Gasteiger partial charge is 0.282 e. The minimum atomic E-state index is -0.445. The fourth-order valence-electron chi connectivity index (χ4n) is 3.85. The number of fused-ring (bicyclic) bond motifs is 1. The fraction of sp³-hybridized carbons (Fsp3) is 0.250. The summed E-state index contributed by atoms with van der Waals surface area (Å²) in [6, 6.07) is 15.2. The lowest BCUT2D eigenvalue weighted by Gasteiger charge is -2.21. The summed E-state index contributed by atoms with van der Waals surface area (Å²) in [5.41, 5.74) is 1.18. The second-order valence-corrected chi connectivity index (χ2v) is 11.5. The van der Waals surface area contributed by atoms with Crippen LogP contribution in [0.4, 0.5) is 5.69 Å². The quantitative estimate of drug-likeness (QED) is 0.115. The van der Waals surface area contributed by atoms with Crippen LogP contribution in [-0.2, 0) is 12.0 Å². The molecule has 0 aliphatic carbocycles. The minimum absolute atomic E-state index is 0.00726. The molecule has 0 aliphatic heterocycles. The van der Waals surface area contributed by atoms with E-state index in [2.05, 4.69) is 37.0 Å². The molecule has 0 fully saturated rings. The molecule has 4 aromatic rings. The van der Waals surface area contributed by atoms with Gasteiger partial charge in [-0.15, -0.1) is 0 Å². The summed E-state index contributed by atoms with van der Waals surface area (Å²) in [5.74, 6) is 1.44. The fourth-order valence-corrected chi connectivity index (χ4v) is 4.78. The van der Waals surface area contributed by atoms with E-state index in [4.69, 9.17) is 14.5 Å². The van der Waals surface area contributed by atoms with Crippen molar-refractivity contribution in [2.45, 2.75) is 39.7 Å². The van der Waals surface area contributed by atoms with Crippen LogP contribution in [0, 0.1) is 10.1 Å². The maximum absolute atomic E-state index is 13.4. The molecule has 202 valence electrons. The van der Waals surface area contributed by atoms with Crippen LogP contribution in [0.15, 0.2) is 73.4 Å². The van der Waals surface area contributed by atoms with Gasteiger partial charge in [0.2, 0.25) is 0 Å². The van der Waals surface area contributed by atoms with Crippen LogP contribution < -0.4 is 15.0 Å². The number of rotatable bonds is 8. The molecule has 4 rings (SSSR count). The van der Waals surface area contributed by atoms with Crippen molar-refractivity contribution in [3.8, 4) is 11.5 Å². The Labute approximate surface area is 241 Å². The normalized spacial score (nSPS) is 11.7. The molecule has 0 saturated heterocycles. The molecule has 0 radical (unpaired) electrons. The number of halogens is 2. The third-order valence-electron chi connectivity index (χ3n) is 5.64. The molecule has 0 atom stereocenters. The summed E-state index contributed by atoms with van der Waals surface area (Å²) in [6.45, 7) is 8.27. The summed E-state index contributed by atoms with van der Waals surface area (Å²) in [6.07, 6.45) is 1.57. The molecule has 0 unspecified atom stereocenters. The Hall–Kier alpha value is -3.57. The molecule has 1 heterocycles. The number of aromatic nitrogens is 2. The minimum Gasteiger partial charge on any atom is -0.490 e. The Balaban J connectivity index is 1.71. The van der Waals surface area contributed by atoms with Crippen LogP contribution in [0.1, 0.15) is 44.6 Å². The van der Waals surface area contributed by atoms with E-state index in [9.17, 15) is 14.9 Å². The van der Waals surface area contributed by atoms with Crippen LogP contribution in [0.3, 0.4) is 0 Å². The second-order valence-electron chi connectivity index (χ2n) is 9.69. The van der Waals surface area contributed by atoms with Crippen LogP contribution >= 0.6 is 31.9 Å². The number of nitro groups is 1. The van der Waals surface area contributed by atoms with Crippen molar-refractivity contribution in [2.24, 2.45) is 5.10 Å². The lowest BCUT2D eigenvalue weighted by molar-refractivity contribution is -0.384. The van der Waals surface area contributed by atoms with Crippen molar-refractivity contribution in [3.63, 3.8) is 0 Å². The van der Waals surface area contributed by atoms with Crippen molar-refractivity contribution in [1.82, 2.24) is 9.66 Å². The van der Waals surface area contributed by atoms with E-state index in [0.29, 0.717) is 50.4 Å². The Bertz CT molecular complexity index is 1640. The highest BCUT2D eigenvalue weighted by Gasteiger charge is 2.23.